The van der Waals surface area contributed by atoms with Crippen LogP contribution < -0.4 is 15.5 Å². The van der Waals surface area contributed by atoms with E-state index >= 15 is 0 Å². The van der Waals surface area contributed by atoms with Crippen molar-refractivity contribution in [2.75, 3.05) is 35.7 Å². The molecule has 0 saturated carbocycles. The van der Waals surface area contributed by atoms with Gasteiger partial charge in [0, 0.05) is 37.1 Å². The molecule has 3 aromatic carbocycles. The van der Waals surface area contributed by atoms with Crippen LogP contribution in [-0.2, 0) is 11.3 Å². The van der Waals surface area contributed by atoms with E-state index in [-0.39, 0.29) is 5.91 Å². The van der Waals surface area contributed by atoms with Crippen LogP contribution in [0, 0.1) is 22.7 Å². The van der Waals surface area contributed by atoms with Crippen LogP contribution in [0.15, 0.2) is 86.6 Å². The van der Waals surface area contributed by atoms with Gasteiger partial charge in [-0.25, -0.2) is 4.99 Å². The van der Waals surface area contributed by atoms with Gasteiger partial charge >= 0.3 is 0 Å². The molecule has 0 atom stereocenters. The number of nitrogens with zero attached hydrogens (tertiary/aromatic N) is 5. The van der Waals surface area contributed by atoms with Gasteiger partial charge in [-0.3, -0.25) is 9.69 Å². The van der Waals surface area contributed by atoms with Gasteiger partial charge in [0.05, 0.1) is 46.3 Å². The third kappa shape index (κ3) is 6.19. The zero-order chi connectivity index (χ0) is 28.8. The van der Waals surface area contributed by atoms with Gasteiger partial charge in [-0.2, -0.15) is 10.5 Å². The van der Waals surface area contributed by atoms with Crippen LogP contribution in [0.3, 0.4) is 0 Å². The summed E-state index contributed by atoms with van der Waals surface area (Å²) in [4.78, 5) is 24.4. The zero-order valence-electron chi connectivity index (χ0n) is 22.8. The van der Waals surface area contributed by atoms with Crippen LogP contribution in [0.5, 0.6) is 0 Å². The van der Waals surface area contributed by atoms with E-state index in [1.807, 2.05) is 56.4 Å². The Morgan fingerprint density at radius 3 is 2.59 bits per heavy atom. The minimum absolute atomic E-state index is 0.101. The summed E-state index contributed by atoms with van der Waals surface area (Å²) in [6.45, 7) is 3.82. The molecular weight excluding hydrogens is 551 g/mol. The number of amidine groups is 1. The molecule has 1 saturated heterocycles. The first-order valence-electron chi connectivity index (χ1n) is 13.3. The molecule has 1 fully saturated rings. The maximum atomic E-state index is 14.0. The average molecular weight is 580 g/mol. The number of hydrogen-bond donors (Lipinski definition) is 2. The summed E-state index contributed by atoms with van der Waals surface area (Å²) in [6.07, 6.45) is 1.30. The summed E-state index contributed by atoms with van der Waals surface area (Å²) >= 11 is 2.93. The molecule has 10 heteroatoms. The van der Waals surface area contributed by atoms with Gasteiger partial charge in [0.1, 0.15) is 4.91 Å². The number of unbranched alkanes of at least 4 members (excludes halogenated alkanes) is 1. The van der Waals surface area contributed by atoms with Crippen LogP contribution >= 0.6 is 23.5 Å². The second kappa shape index (κ2) is 12.9. The van der Waals surface area contributed by atoms with Crippen molar-refractivity contribution in [2.45, 2.75) is 31.2 Å². The largest absolute Gasteiger partial charge is 0.385 e. The number of carbonyl (C=O) groups excluding carboxylic acids is 1. The van der Waals surface area contributed by atoms with Crippen molar-refractivity contribution in [1.82, 2.24) is 4.90 Å². The summed E-state index contributed by atoms with van der Waals surface area (Å²) in [6, 6.07) is 25.8. The zero-order valence-corrected chi connectivity index (χ0v) is 24.5. The van der Waals surface area contributed by atoms with E-state index < -0.39 is 0 Å². The lowest BCUT2D eigenvalue weighted by molar-refractivity contribution is -0.122. The number of nitriles is 2. The molecule has 41 heavy (non-hydrogen) atoms. The Morgan fingerprint density at radius 1 is 1.00 bits per heavy atom. The van der Waals surface area contributed by atoms with Gasteiger partial charge in [-0.05, 0) is 67.1 Å². The quantitative estimate of drug-likeness (QED) is 0.209. The molecule has 5 rings (SSSR count). The molecule has 0 bridgehead atoms. The maximum Gasteiger partial charge on any atom is 0.269 e. The van der Waals surface area contributed by atoms with Crippen LogP contribution in [0.25, 0.3) is 0 Å². The molecule has 1 amide bonds. The minimum atomic E-state index is -0.101. The monoisotopic (exact) mass is 579 g/mol. The molecule has 2 aliphatic rings. The molecule has 2 N–H and O–H groups in total. The third-order valence-electron chi connectivity index (χ3n) is 6.58. The van der Waals surface area contributed by atoms with Gasteiger partial charge in [0.25, 0.3) is 5.91 Å². The van der Waals surface area contributed by atoms with E-state index in [1.54, 1.807) is 28.8 Å². The first kappa shape index (κ1) is 28.2. The van der Waals surface area contributed by atoms with Crippen LogP contribution in [0.1, 0.15) is 30.9 Å². The summed E-state index contributed by atoms with van der Waals surface area (Å²) in [5, 5.41) is 26.4. The normalized spacial score (nSPS) is 17.0. The van der Waals surface area contributed by atoms with Crippen molar-refractivity contribution in [1.29, 1.82) is 10.5 Å². The van der Waals surface area contributed by atoms with Crippen molar-refractivity contribution >= 4 is 57.3 Å². The Labute approximate surface area is 248 Å². The van der Waals surface area contributed by atoms with Crippen molar-refractivity contribution < 1.29 is 4.79 Å². The van der Waals surface area contributed by atoms with Gasteiger partial charge in [0.15, 0.2) is 5.17 Å². The topological polar surface area (TPSA) is 108 Å². The van der Waals surface area contributed by atoms with E-state index in [0.29, 0.717) is 40.8 Å². The molecule has 206 valence electrons. The van der Waals surface area contributed by atoms with Crippen molar-refractivity contribution in [3.05, 3.63) is 87.8 Å². The number of carbonyl (C=O) groups is 1. The number of fused-ring (bicyclic) bond motifs is 1. The van der Waals surface area contributed by atoms with E-state index in [9.17, 15) is 10.1 Å². The van der Waals surface area contributed by atoms with E-state index in [2.05, 4.69) is 39.8 Å². The number of anilines is 3. The Bertz CT molecular complexity index is 1600. The number of amides is 1. The fourth-order valence-corrected chi connectivity index (χ4v) is 6.90. The lowest BCUT2D eigenvalue weighted by Crippen LogP contribution is -2.29. The molecule has 8 nitrogen and oxygen atoms in total. The van der Waals surface area contributed by atoms with Gasteiger partial charge in [0.2, 0.25) is 0 Å². The summed E-state index contributed by atoms with van der Waals surface area (Å²) < 4.78 is 0. The number of aliphatic imine (C=N–C) groups is 1. The standard InChI is InChI=1S/C31H29N7OS2/c1-3-34-24-13-11-22(19-33)17-25(24)36-31-38(20-21-9-5-4-6-10-21)29(39)28(41-31)30-37(2)26-14-12-23(18-27(26)40-30)35-16-8-7-15-32/h4-6,9-14,17-18,34-35H,3,7-8,16,20H2,1-2H3. The van der Waals surface area contributed by atoms with E-state index in [1.165, 1.54) is 11.8 Å². The highest BCUT2D eigenvalue weighted by molar-refractivity contribution is 8.19. The second-order valence-electron chi connectivity index (χ2n) is 9.41. The Morgan fingerprint density at radius 2 is 1.83 bits per heavy atom. The summed E-state index contributed by atoms with van der Waals surface area (Å²) in [5.74, 6) is -0.101. The lowest BCUT2D eigenvalue weighted by Gasteiger charge is -2.17. The van der Waals surface area contributed by atoms with E-state index in [4.69, 9.17) is 10.3 Å². The number of rotatable bonds is 9. The molecular formula is C31H29N7OS2. The summed E-state index contributed by atoms with van der Waals surface area (Å²) in [5.41, 5.74) is 4.95. The fourth-order valence-electron chi connectivity index (χ4n) is 4.52. The molecule has 0 aliphatic carbocycles. The first-order chi connectivity index (χ1) is 20.0. The van der Waals surface area contributed by atoms with Gasteiger partial charge in [-0.1, -0.05) is 42.1 Å². The van der Waals surface area contributed by atoms with Gasteiger partial charge < -0.3 is 15.5 Å². The SMILES string of the molecule is CCNc1ccc(C#N)cc1N=C1SC(=C2Sc3cc(NCCCC#N)ccc3N2C)C(=O)N1Cc1ccccc1. The number of thioether (sulfide) groups is 2. The smallest absolute Gasteiger partial charge is 0.269 e. The van der Waals surface area contributed by atoms with Crippen molar-refractivity contribution in [2.24, 2.45) is 4.99 Å². The molecule has 0 unspecified atom stereocenters. The lowest BCUT2D eigenvalue weighted by atomic mass is 10.2. The van der Waals surface area contributed by atoms with Crippen LogP contribution in [0.2, 0.25) is 0 Å². The van der Waals surface area contributed by atoms with Crippen LogP contribution in [-0.4, -0.2) is 36.1 Å². The van der Waals surface area contributed by atoms with Gasteiger partial charge in [-0.15, -0.1) is 0 Å². The molecule has 0 radical (unpaired) electrons. The third-order valence-corrected chi connectivity index (χ3v) is 8.99. The minimum Gasteiger partial charge on any atom is -0.385 e. The molecule has 3 aromatic rings. The summed E-state index contributed by atoms with van der Waals surface area (Å²) in [7, 11) is 1.98. The fraction of sp³-hybridized carbons (Fsp3) is 0.226. The Balaban J connectivity index is 1.50. The van der Waals surface area contributed by atoms with Crippen LogP contribution in [0.4, 0.5) is 22.7 Å². The highest BCUT2D eigenvalue weighted by Crippen LogP contribution is 2.51. The molecule has 2 aliphatic heterocycles. The Hall–Kier alpha value is -4.38. The van der Waals surface area contributed by atoms with Crippen molar-refractivity contribution in [3.63, 3.8) is 0 Å². The van der Waals surface area contributed by atoms with E-state index in [0.717, 1.165) is 45.5 Å². The highest BCUT2D eigenvalue weighted by atomic mass is 32.2. The molecule has 0 aromatic heterocycles. The average Bonchev–Trinajstić information content (AvgIpc) is 3.47. The maximum absolute atomic E-state index is 14.0. The Kier molecular flexibility index (Phi) is 8.83. The predicted octanol–water partition coefficient (Wildman–Crippen LogP) is 6.88. The second-order valence-corrected chi connectivity index (χ2v) is 11.4. The van der Waals surface area contributed by atoms with Crippen molar-refractivity contribution in [3.8, 4) is 12.1 Å². The number of nitrogens with one attached hydrogen (secondary N) is 2. The number of hydrogen-bond acceptors (Lipinski definition) is 9. The number of benzene rings is 3. The first-order valence-corrected chi connectivity index (χ1v) is 15.0. The highest BCUT2D eigenvalue weighted by Gasteiger charge is 2.39. The molecule has 2 heterocycles. The molecule has 0 spiro atoms. The predicted molar refractivity (Wildman–Crippen MR) is 168 cm³/mol.